The standard InChI is InChI=1S/C20H16N2O5/c1-25-16-8-7-12(9-17(16)26-2)14(23)10-22-11-21-18-13-5-3-4-6-15(13)27-19(18)20(22)24/h3-9,11H,10H2,1-2H3. The Morgan fingerprint density at radius 1 is 1.11 bits per heavy atom. The van der Waals surface area contributed by atoms with Crippen molar-refractivity contribution in [3.8, 4) is 11.5 Å². The van der Waals surface area contributed by atoms with Gasteiger partial charge in [0.1, 0.15) is 11.1 Å². The van der Waals surface area contributed by atoms with Gasteiger partial charge in [0.05, 0.1) is 27.1 Å². The first-order valence-electron chi connectivity index (χ1n) is 8.24. The van der Waals surface area contributed by atoms with E-state index in [1.54, 1.807) is 24.3 Å². The molecule has 7 nitrogen and oxygen atoms in total. The quantitative estimate of drug-likeness (QED) is 0.506. The Labute approximate surface area is 153 Å². The number of methoxy groups -OCH3 is 2. The summed E-state index contributed by atoms with van der Waals surface area (Å²) in [5, 5.41) is 0.767. The van der Waals surface area contributed by atoms with Gasteiger partial charge in [0.25, 0.3) is 5.56 Å². The largest absolute Gasteiger partial charge is 0.493 e. The summed E-state index contributed by atoms with van der Waals surface area (Å²) in [5.74, 6) is 0.716. The molecule has 0 aliphatic carbocycles. The number of carbonyl (C=O) groups is 1. The first-order valence-corrected chi connectivity index (χ1v) is 8.24. The summed E-state index contributed by atoms with van der Waals surface area (Å²) in [7, 11) is 3.02. The molecule has 0 atom stereocenters. The van der Waals surface area contributed by atoms with Gasteiger partial charge in [-0.2, -0.15) is 0 Å². The lowest BCUT2D eigenvalue weighted by Crippen LogP contribution is -2.24. The molecule has 0 bridgehead atoms. The molecule has 0 spiro atoms. The van der Waals surface area contributed by atoms with Gasteiger partial charge in [-0.05, 0) is 30.3 Å². The second-order valence-electron chi connectivity index (χ2n) is 5.95. The fraction of sp³-hybridized carbons (Fsp3) is 0.150. The van der Waals surface area contributed by atoms with E-state index in [1.165, 1.54) is 25.1 Å². The van der Waals surface area contributed by atoms with Gasteiger partial charge in [0.2, 0.25) is 5.58 Å². The molecule has 2 aromatic carbocycles. The molecule has 7 heteroatoms. The summed E-state index contributed by atoms with van der Waals surface area (Å²) in [4.78, 5) is 29.7. The van der Waals surface area contributed by atoms with E-state index in [2.05, 4.69) is 4.98 Å². The van der Waals surface area contributed by atoms with Crippen LogP contribution < -0.4 is 15.0 Å². The molecule has 0 saturated carbocycles. The molecule has 27 heavy (non-hydrogen) atoms. The van der Waals surface area contributed by atoms with E-state index in [4.69, 9.17) is 13.9 Å². The minimum atomic E-state index is -0.398. The van der Waals surface area contributed by atoms with Gasteiger partial charge in [0.15, 0.2) is 17.3 Å². The highest BCUT2D eigenvalue weighted by Gasteiger charge is 2.16. The Hall–Kier alpha value is -3.61. The molecule has 4 rings (SSSR count). The van der Waals surface area contributed by atoms with Crippen LogP contribution in [0.3, 0.4) is 0 Å². The molecule has 0 N–H and O–H groups in total. The summed E-state index contributed by atoms with van der Waals surface area (Å²) in [5.41, 5.74) is 1.22. The molecule has 136 valence electrons. The van der Waals surface area contributed by atoms with E-state index in [0.29, 0.717) is 28.2 Å². The third-order valence-corrected chi connectivity index (χ3v) is 4.37. The van der Waals surface area contributed by atoms with Gasteiger partial charge in [-0.3, -0.25) is 14.2 Å². The van der Waals surface area contributed by atoms with Crippen LogP contribution in [0.25, 0.3) is 22.1 Å². The van der Waals surface area contributed by atoms with Crippen LogP contribution in [0.15, 0.2) is 58.0 Å². The Kier molecular flexibility index (Phi) is 4.12. The van der Waals surface area contributed by atoms with E-state index in [1.807, 2.05) is 18.2 Å². The van der Waals surface area contributed by atoms with Crippen LogP contribution in [-0.2, 0) is 6.54 Å². The van der Waals surface area contributed by atoms with E-state index in [0.717, 1.165) is 5.39 Å². The predicted octanol–water partition coefficient (Wildman–Crippen LogP) is 3.04. The van der Waals surface area contributed by atoms with Gasteiger partial charge >= 0.3 is 0 Å². The third kappa shape index (κ3) is 2.83. The zero-order valence-corrected chi connectivity index (χ0v) is 14.8. The van der Waals surface area contributed by atoms with Gasteiger partial charge < -0.3 is 13.9 Å². The lowest BCUT2D eigenvalue weighted by molar-refractivity contribution is 0.0970. The highest BCUT2D eigenvalue weighted by Crippen LogP contribution is 2.28. The summed E-state index contributed by atoms with van der Waals surface area (Å²) in [6.07, 6.45) is 1.37. The number of hydrogen-bond acceptors (Lipinski definition) is 6. The number of benzene rings is 2. The van der Waals surface area contributed by atoms with Gasteiger partial charge in [-0.1, -0.05) is 12.1 Å². The van der Waals surface area contributed by atoms with Crippen LogP contribution in [0, 0.1) is 0 Å². The number of rotatable bonds is 5. The van der Waals surface area contributed by atoms with E-state index in [9.17, 15) is 9.59 Å². The maximum Gasteiger partial charge on any atom is 0.297 e. The normalized spacial score (nSPS) is 11.0. The van der Waals surface area contributed by atoms with E-state index in [-0.39, 0.29) is 17.9 Å². The number of Topliss-reactive ketones (excluding diaryl/α,β-unsaturated/α-hetero) is 1. The maximum atomic E-state index is 12.7. The highest BCUT2D eigenvalue weighted by atomic mass is 16.5. The van der Waals surface area contributed by atoms with Crippen LogP contribution >= 0.6 is 0 Å². The number of hydrogen-bond donors (Lipinski definition) is 0. The van der Waals surface area contributed by atoms with Crippen molar-refractivity contribution in [2.24, 2.45) is 0 Å². The Morgan fingerprint density at radius 2 is 1.89 bits per heavy atom. The molecule has 2 aromatic heterocycles. The molecule has 0 fully saturated rings. The van der Waals surface area contributed by atoms with Crippen molar-refractivity contribution in [2.75, 3.05) is 14.2 Å². The summed E-state index contributed by atoms with van der Waals surface area (Å²) < 4.78 is 17.3. The number of para-hydroxylation sites is 1. The van der Waals surface area contributed by atoms with Crippen LogP contribution in [0.5, 0.6) is 11.5 Å². The molecular weight excluding hydrogens is 348 g/mol. The van der Waals surface area contributed by atoms with Crippen molar-refractivity contribution in [2.45, 2.75) is 6.54 Å². The zero-order chi connectivity index (χ0) is 19.0. The van der Waals surface area contributed by atoms with Gasteiger partial charge in [0, 0.05) is 10.9 Å². The first kappa shape index (κ1) is 16.8. The summed E-state index contributed by atoms with van der Waals surface area (Å²) in [6, 6.07) is 12.1. The summed E-state index contributed by atoms with van der Waals surface area (Å²) >= 11 is 0. The molecule has 0 aliphatic heterocycles. The van der Waals surface area contributed by atoms with Crippen molar-refractivity contribution in [3.05, 3.63) is 64.7 Å². The topological polar surface area (TPSA) is 83.6 Å². The Bertz CT molecular complexity index is 1220. The number of aromatic nitrogens is 2. The van der Waals surface area contributed by atoms with Crippen molar-refractivity contribution in [3.63, 3.8) is 0 Å². The molecule has 0 unspecified atom stereocenters. The number of carbonyl (C=O) groups excluding carboxylic acids is 1. The SMILES string of the molecule is COc1ccc(C(=O)Cn2cnc3c(oc4ccccc43)c2=O)cc1OC. The monoisotopic (exact) mass is 364 g/mol. The van der Waals surface area contributed by atoms with Crippen molar-refractivity contribution >= 4 is 27.9 Å². The van der Waals surface area contributed by atoms with Gasteiger partial charge in [-0.25, -0.2) is 4.98 Å². The fourth-order valence-corrected chi connectivity index (χ4v) is 2.98. The lowest BCUT2D eigenvalue weighted by atomic mass is 10.1. The number of ether oxygens (including phenoxy) is 2. The molecule has 4 aromatic rings. The minimum Gasteiger partial charge on any atom is -0.493 e. The maximum absolute atomic E-state index is 12.7. The lowest BCUT2D eigenvalue weighted by Gasteiger charge is -2.09. The second kappa shape index (κ2) is 6.60. The van der Waals surface area contributed by atoms with Crippen molar-refractivity contribution in [1.29, 1.82) is 0 Å². The average Bonchev–Trinajstić information content (AvgIpc) is 3.09. The predicted molar refractivity (Wildman–Crippen MR) is 99.7 cm³/mol. The number of furan rings is 1. The van der Waals surface area contributed by atoms with Crippen LogP contribution in [0.4, 0.5) is 0 Å². The fourth-order valence-electron chi connectivity index (χ4n) is 2.98. The van der Waals surface area contributed by atoms with Gasteiger partial charge in [-0.15, -0.1) is 0 Å². The molecule has 0 amide bonds. The molecule has 0 aliphatic rings. The zero-order valence-electron chi connectivity index (χ0n) is 14.8. The molecular formula is C20H16N2O5. The smallest absolute Gasteiger partial charge is 0.297 e. The first-order chi connectivity index (χ1) is 13.1. The van der Waals surface area contributed by atoms with Crippen LogP contribution in [0.2, 0.25) is 0 Å². The van der Waals surface area contributed by atoms with Crippen LogP contribution in [0.1, 0.15) is 10.4 Å². The minimum absolute atomic E-state index is 0.138. The molecule has 0 saturated heterocycles. The third-order valence-electron chi connectivity index (χ3n) is 4.37. The average molecular weight is 364 g/mol. The second-order valence-corrected chi connectivity index (χ2v) is 5.95. The Balaban J connectivity index is 1.71. The molecule has 2 heterocycles. The van der Waals surface area contributed by atoms with Crippen molar-refractivity contribution < 1.29 is 18.7 Å². The number of fused-ring (bicyclic) bond motifs is 3. The van der Waals surface area contributed by atoms with E-state index >= 15 is 0 Å². The highest BCUT2D eigenvalue weighted by molar-refractivity contribution is 6.02. The number of nitrogens with zero attached hydrogens (tertiary/aromatic N) is 2. The van der Waals surface area contributed by atoms with Crippen LogP contribution in [-0.4, -0.2) is 29.6 Å². The van der Waals surface area contributed by atoms with Crippen molar-refractivity contribution in [1.82, 2.24) is 9.55 Å². The number of ketones is 1. The molecule has 0 radical (unpaired) electrons. The summed E-state index contributed by atoms with van der Waals surface area (Å²) in [6.45, 7) is -0.158. The van der Waals surface area contributed by atoms with E-state index < -0.39 is 5.56 Å². The Morgan fingerprint density at radius 3 is 2.67 bits per heavy atom.